The van der Waals surface area contributed by atoms with E-state index in [0.717, 1.165) is 24.7 Å². The molecular formula is C11H22BrNO2. The Bertz CT molecular complexity index is 176. The maximum atomic E-state index is 12.0. The molecule has 1 atom stereocenters. The molecule has 4 heteroatoms. The number of carbonyl (C=O) groups is 1. The molecule has 0 aromatic heterocycles. The van der Waals surface area contributed by atoms with Crippen LogP contribution in [0.15, 0.2) is 0 Å². The number of methoxy groups -OCH3 is 1. The van der Waals surface area contributed by atoms with E-state index >= 15 is 0 Å². The summed E-state index contributed by atoms with van der Waals surface area (Å²) in [5, 5.41) is 0.821. The zero-order valence-electron chi connectivity index (χ0n) is 9.96. The van der Waals surface area contributed by atoms with Crippen molar-refractivity contribution >= 4 is 21.8 Å². The summed E-state index contributed by atoms with van der Waals surface area (Å²) in [5.41, 5.74) is 0. The smallest absolute Gasteiger partial charge is 0.225 e. The number of nitrogens with zero attached hydrogens (tertiary/aromatic N) is 1. The van der Waals surface area contributed by atoms with E-state index in [1.807, 2.05) is 11.8 Å². The van der Waals surface area contributed by atoms with Crippen molar-refractivity contribution < 1.29 is 9.53 Å². The first-order valence-electron chi connectivity index (χ1n) is 5.51. The van der Waals surface area contributed by atoms with Gasteiger partial charge in [0.15, 0.2) is 0 Å². The number of ether oxygens (including phenoxy) is 1. The van der Waals surface area contributed by atoms with E-state index in [2.05, 4.69) is 22.9 Å². The molecule has 0 aromatic rings. The average molecular weight is 280 g/mol. The van der Waals surface area contributed by atoms with Gasteiger partial charge in [-0.05, 0) is 6.42 Å². The Hall–Kier alpha value is -0.0900. The highest BCUT2D eigenvalue weighted by Gasteiger charge is 2.18. The normalized spacial score (nSPS) is 12.5. The summed E-state index contributed by atoms with van der Waals surface area (Å²) < 4.78 is 5.00. The van der Waals surface area contributed by atoms with E-state index in [4.69, 9.17) is 4.74 Å². The van der Waals surface area contributed by atoms with Crippen LogP contribution < -0.4 is 0 Å². The summed E-state index contributed by atoms with van der Waals surface area (Å²) in [4.78, 5) is 13.9. The summed E-state index contributed by atoms with van der Waals surface area (Å²) in [5.74, 6) is 0.374. The Morgan fingerprint density at radius 1 is 1.47 bits per heavy atom. The molecule has 3 nitrogen and oxygen atoms in total. The lowest BCUT2D eigenvalue weighted by Crippen LogP contribution is -2.38. The van der Waals surface area contributed by atoms with Crippen molar-refractivity contribution in [1.29, 1.82) is 0 Å². The molecular weight excluding hydrogens is 258 g/mol. The highest BCUT2D eigenvalue weighted by molar-refractivity contribution is 9.09. The quantitative estimate of drug-likeness (QED) is 0.638. The van der Waals surface area contributed by atoms with Gasteiger partial charge >= 0.3 is 0 Å². The summed E-state index contributed by atoms with van der Waals surface area (Å²) in [6.45, 7) is 6.16. The molecule has 0 aromatic carbocycles. The second-order valence-electron chi connectivity index (χ2n) is 3.70. The van der Waals surface area contributed by atoms with Gasteiger partial charge in [-0.15, -0.1) is 0 Å². The van der Waals surface area contributed by atoms with Crippen LogP contribution in [0.25, 0.3) is 0 Å². The summed E-state index contributed by atoms with van der Waals surface area (Å²) in [6, 6.07) is 0. The molecule has 0 bridgehead atoms. The van der Waals surface area contributed by atoms with Gasteiger partial charge in [0.2, 0.25) is 5.91 Å². The van der Waals surface area contributed by atoms with Crippen LogP contribution in [0.5, 0.6) is 0 Å². The monoisotopic (exact) mass is 279 g/mol. The first kappa shape index (κ1) is 14.9. The average Bonchev–Trinajstić information content (AvgIpc) is 2.23. The lowest BCUT2D eigenvalue weighted by atomic mass is 10.0. The summed E-state index contributed by atoms with van der Waals surface area (Å²) in [6.07, 6.45) is 2.02. The molecule has 90 valence electrons. The van der Waals surface area contributed by atoms with Gasteiger partial charge in [0, 0.05) is 31.4 Å². The standard InChI is InChI=1S/C11H22BrNO2/c1-4-5-10(2)11(14)13(7-6-12)8-9-15-3/h10H,4-9H2,1-3H3. The van der Waals surface area contributed by atoms with Gasteiger partial charge in [0.1, 0.15) is 0 Å². The van der Waals surface area contributed by atoms with E-state index in [-0.39, 0.29) is 11.8 Å². The number of amides is 1. The fourth-order valence-electron chi connectivity index (χ4n) is 1.50. The van der Waals surface area contributed by atoms with Crippen molar-refractivity contribution in [3.05, 3.63) is 0 Å². The van der Waals surface area contributed by atoms with Gasteiger partial charge in [-0.3, -0.25) is 4.79 Å². The lowest BCUT2D eigenvalue weighted by Gasteiger charge is -2.24. The summed E-state index contributed by atoms with van der Waals surface area (Å²) >= 11 is 3.36. The minimum atomic E-state index is 0.130. The van der Waals surface area contributed by atoms with Crippen LogP contribution in [0.4, 0.5) is 0 Å². The van der Waals surface area contributed by atoms with E-state index in [0.29, 0.717) is 13.2 Å². The number of alkyl halides is 1. The predicted molar refractivity (Wildman–Crippen MR) is 66.3 cm³/mol. The lowest BCUT2D eigenvalue weighted by molar-refractivity contribution is -0.135. The second kappa shape index (κ2) is 9.16. The Kier molecular flexibility index (Phi) is 9.10. The topological polar surface area (TPSA) is 29.5 Å². The highest BCUT2D eigenvalue weighted by Crippen LogP contribution is 2.09. The summed E-state index contributed by atoms with van der Waals surface area (Å²) in [7, 11) is 1.66. The minimum absolute atomic E-state index is 0.130. The molecule has 1 amide bonds. The SMILES string of the molecule is CCCC(C)C(=O)N(CCBr)CCOC. The Labute approximate surface area is 101 Å². The van der Waals surface area contributed by atoms with Crippen LogP contribution in [0.3, 0.4) is 0 Å². The van der Waals surface area contributed by atoms with E-state index in [9.17, 15) is 4.79 Å². The number of hydrogen-bond donors (Lipinski definition) is 0. The molecule has 0 saturated heterocycles. The Morgan fingerprint density at radius 3 is 2.60 bits per heavy atom. The van der Waals surface area contributed by atoms with Gasteiger partial charge in [0.05, 0.1) is 6.61 Å². The zero-order valence-corrected chi connectivity index (χ0v) is 11.5. The third-order valence-corrected chi connectivity index (χ3v) is 2.73. The molecule has 1 unspecified atom stereocenters. The van der Waals surface area contributed by atoms with Crippen LogP contribution in [0.2, 0.25) is 0 Å². The maximum Gasteiger partial charge on any atom is 0.225 e. The molecule has 0 rings (SSSR count). The molecule has 0 fully saturated rings. The van der Waals surface area contributed by atoms with E-state index < -0.39 is 0 Å². The molecule has 0 heterocycles. The van der Waals surface area contributed by atoms with E-state index in [1.54, 1.807) is 7.11 Å². The minimum Gasteiger partial charge on any atom is -0.383 e. The van der Waals surface area contributed by atoms with E-state index in [1.165, 1.54) is 0 Å². The molecule has 0 aliphatic carbocycles. The number of halogens is 1. The van der Waals surface area contributed by atoms with Crippen LogP contribution in [0, 0.1) is 5.92 Å². The third-order valence-electron chi connectivity index (χ3n) is 2.37. The Morgan fingerprint density at radius 2 is 2.13 bits per heavy atom. The molecule has 0 saturated carbocycles. The van der Waals surface area contributed by atoms with Gasteiger partial charge in [-0.2, -0.15) is 0 Å². The largest absolute Gasteiger partial charge is 0.383 e. The zero-order chi connectivity index (χ0) is 11.7. The van der Waals surface area contributed by atoms with Crippen molar-refractivity contribution in [2.75, 3.05) is 32.1 Å². The number of carbonyl (C=O) groups excluding carboxylic acids is 1. The maximum absolute atomic E-state index is 12.0. The Balaban J connectivity index is 4.13. The molecule has 0 aliphatic heterocycles. The van der Waals surface area contributed by atoms with Crippen molar-refractivity contribution in [2.45, 2.75) is 26.7 Å². The van der Waals surface area contributed by atoms with Crippen LogP contribution in [-0.4, -0.2) is 42.9 Å². The third kappa shape index (κ3) is 6.15. The van der Waals surface area contributed by atoms with Crippen molar-refractivity contribution in [3.63, 3.8) is 0 Å². The number of hydrogen-bond acceptors (Lipinski definition) is 2. The van der Waals surface area contributed by atoms with Gasteiger partial charge in [-0.1, -0.05) is 36.2 Å². The van der Waals surface area contributed by atoms with Gasteiger partial charge in [0.25, 0.3) is 0 Å². The molecule has 15 heavy (non-hydrogen) atoms. The first-order valence-corrected chi connectivity index (χ1v) is 6.63. The molecule has 0 aliphatic rings. The molecule has 0 spiro atoms. The fourth-order valence-corrected chi connectivity index (χ4v) is 1.93. The van der Waals surface area contributed by atoms with Crippen molar-refractivity contribution in [2.24, 2.45) is 5.92 Å². The van der Waals surface area contributed by atoms with Crippen LogP contribution in [0.1, 0.15) is 26.7 Å². The van der Waals surface area contributed by atoms with Gasteiger partial charge < -0.3 is 9.64 Å². The molecule has 0 N–H and O–H groups in total. The fraction of sp³-hybridized carbons (Fsp3) is 0.909. The first-order chi connectivity index (χ1) is 7.17. The highest BCUT2D eigenvalue weighted by atomic mass is 79.9. The second-order valence-corrected chi connectivity index (χ2v) is 4.49. The van der Waals surface area contributed by atoms with Gasteiger partial charge in [-0.25, -0.2) is 0 Å². The van der Waals surface area contributed by atoms with Crippen LogP contribution in [-0.2, 0) is 9.53 Å². The number of rotatable bonds is 8. The van der Waals surface area contributed by atoms with Crippen LogP contribution >= 0.6 is 15.9 Å². The molecule has 0 radical (unpaired) electrons. The van der Waals surface area contributed by atoms with Crippen molar-refractivity contribution in [1.82, 2.24) is 4.90 Å². The van der Waals surface area contributed by atoms with Crippen molar-refractivity contribution in [3.8, 4) is 0 Å². The predicted octanol–water partition coefficient (Wildman–Crippen LogP) is 2.29.